The van der Waals surface area contributed by atoms with E-state index in [1.807, 2.05) is 47.4 Å². The highest BCUT2D eigenvalue weighted by Gasteiger charge is 2.29. The summed E-state index contributed by atoms with van der Waals surface area (Å²) in [7, 11) is 0. The molecule has 0 bridgehead atoms. The van der Waals surface area contributed by atoms with Crippen LogP contribution in [0.4, 0.5) is 0 Å². The van der Waals surface area contributed by atoms with Crippen molar-refractivity contribution in [2.75, 3.05) is 13.1 Å². The van der Waals surface area contributed by atoms with Crippen molar-refractivity contribution >= 4 is 5.91 Å². The molecule has 21 heavy (non-hydrogen) atoms. The number of aromatic amines is 1. The van der Waals surface area contributed by atoms with E-state index in [0.717, 1.165) is 24.3 Å². The Morgan fingerprint density at radius 3 is 2.67 bits per heavy atom. The van der Waals surface area contributed by atoms with E-state index in [2.05, 4.69) is 24.1 Å². The molecule has 1 amide bonds. The van der Waals surface area contributed by atoms with Crippen molar-refractivity contribution in [3.8, 4) is 11.3 Å². The molecule has 3 rings (SSSR count). The summed E-state index contributed by atoms with van der Waals surface area (Å²) < 4.78 is 0. The fourth-order valence-electron chi connectivity index (χ4n) is 2.80. The molecule has 2 heterocycles. The highest BCUT2D eigenvalue weighted by atomic mass is 16.2. The van der Waals surface area contributed by atoms with Gasteiger partial charge in [-0.2, -0.15) is 0 Å². The average Bonchev–Trinajstić information content (AvgIpc) is 3.00. The van der Waals surface area contributed by atoms with Gasteiger partial charge in [0.1, 0.15) is 5.69 Å². The zero-order valence-electron chi connectivity index (χ0n) is 12.5. The summed E-state index contributed by atoms with van der Waals surface area (Å²) in [6.45, 7) is 5.82. The van der Waals surface area contributed by atoms with Gasteiger partial charge < -0.3 is 15.2 Å². The second kappa shape index (κ2) is 5.74. The Labute approximate surface area is 125 Å². The molecule has 1 fully saturated rings. The fourth-order valence-corrected chi connectivity index (χ4v) is 2.80. The molecule has 0 aliphatic carbocycles. The zero-order chi connectivity index (χ0) is 14.8. The Balaban J connectivity index is 1.81. The van der Waals surface area contributed by atoms with Crippen molar-refractivity contribution in [3.63, 3.8) is 0 Å². The summed E-state index contributed by atoms with van der Waals surface area (Å²) >= 11 is 0. The molecular formula is C17H21N3O. The van der Waals surface area contributed by atoms with Crippen LogP contribution in [0.25, 0.3) is 11.3 Å². The number of piperazine rings is 1. The molecule has 0 radical (unpaired) electrons. The van der Waals surface area contributed by atoms with Crippen molar-refractivity contribution in [1.29, 1.82) is 0 Å². The third-order valence-corrected chi connectivity index (χ3v) is 4.30. The molecule has 2 unspecified atom stereocenters. The van der Waals surface area contributed by atoms with Crippen LogP contribution in [0.5, 0.6) is 0 Å². The predicted molar refractivity (Wildman–Crippen MR) is 84.2 cm³/mol. The van der Waals surface area contributed by atoms with E-state index >= 15 is 0 Å². The number of benzene rings is 1. The number of rotatable bonds is 2. The Morgan fingerprint density at radius 1 is 1.14 bits per heavy atom. The van der Waals surface area contributed by atoms with Gasteiger partial charge in [0.05, 0.1) is 0 Å². The van der Waals surface area contributed by atoms with Gasteiger partial charge >= 0.3 is 0 Å². The largest absolute Gasteiger partial charge is 0.351 e. The van der Waals surface area contributed by atoms with Crippen LogP contribution in [0.2, 0.25) is 0 Å². The lowest BCUT2D eigenvalue weighted by Crippen LogP contribution is -2.57. The van der Waals surface area contributed by atoms with E-state index < -0.39 is 0 Å². The lowest BCUT2D eigenvalue weighted by molar-refractivity contribution is 0.0597. The topological polar surface area (TPSA) is 48.1 Å². The summed E-state index contributed by atoms with van der Waals surface area (Å²) in [5, 5.41) is 3.40. The highest BCUT2D eigenvalue weighted by Crippen LogP contribution is 2.20. The molecule has 1 saturated heterocycles. The van der Waals surface area contributed by atoms with E-state index in [1.54, 1.807) is 0 Å². The van der Waals surface area contributed by atoms with E-state index in [1.165, 1.54) is 0 Å². The second-order valence-electron chi connectivity index (χ2n) is 5.63. The number of nitrogens with zero attached hydrogens (tertiary/aromatic N) is 1. The van der Waals surface area contributed by atoms with Gasteiger partial charge in [0.2, 0.25) is 0 Å². The highest BCUT2D eigenvalue weighted by molar-refractivity contribution is 5.93. The first-order valence-electron chi connectivity index (χ1n) is 7.45. The first-order chi connectivity index (χ1) is 10.2. The Morgan fingerprint density at radius 2 is 1.90 bits per heavy atom. The summed E-state index contributed by atoms with van der Waals surface area (Å²) in [5.41, 5.74) is 2.74. The SMILES string of the molecule is CC1NCCN(C(=O)c2ccc(-c3ccccc3)[nH]2)C1C. The van der Waals surface area contributed by atoms with Crippen LogP contribution >= 0.6 is 0 Å². The van der Waals surface area contributed by atoms with Crippen molar-refractivity contribution in [1.82, 2.24) is 15.2 Å². The van der Waals surface area contributed by atoms with Gasteiger partial charge in [-0.05, 0) is 31.5 Å². The van der Waals surface area contributed by atoms with Crippen LogP contribution in [0.1, 0.15) is 24.3 Å². The first kappa shape index (κ1) is 13.9. The molecule has 0 saturated carbocycles. The first-order valence-corrected chi connectivity index (χ1v) is 7.45. The van der Waals surface area contributed by atoms with Gasteiger partial charge in [-0.1, -0.05) is 30.3 Å². The molecule has 1 aromatic heterocycles. The molecule has 2 aromatic rings. The van der Waals surface area contributed by atoms with Gasteiger partial charge in [0.25, 0.3) is 5.91 Å². The van der Waals surface area contributed by atoms with Crippen molar-refractivity contribution < 1.29 is 4.79 Å². The molecule has 2 atom stereocenters. The lowest BCUT2D eigenvalue weighted by atomic mass is 10.1. The summed E-state index contributed by atoms with van der Waals surface area (Å²) in [4.78, 5) is 17.9. The molecular weight excluding hydrogens is 262 g/mol. The number of carbonyl (C=O) groups is 1. The minimum Gasteiger partial charge on any atom is -0.351 e. The molecule has 4 heteroatoms. The maximum Gasteiger partial charge on any atom is 0.270 e. The maximum absolute atomic E-state index is 12.7. The minimum atomic E-state index is 0.0815. The van der Waals surface area contributed by atoms with Crippen molar-refractivity contribution in [2.45, 2.75) is 25.9 Å². The minimum absolute atomic E-state index is 0.0815. The molecule has 1 aromatic carbocycles. The second-order valence-corrected chi connectivity index (χ2v) is 5.63. The number of aromatic nitrogens is 1. The van der Waals surface area contributed by atoms with Crippen molar-refractivity contribution in [2.24, 2.45) is 0 Å². The number of amides is 1. The van der Waals surface area contributed by atoms with Crippen LogP contribution in [0, 0.1) is 0 Å². The number of nitrogens with one attached hydrogen (secondary N) is 2. The molecule has 0 spiro atoms. The van der Waals surface area contributed by atoms with Crippen LogP contribution in [0.3, 0.4) is 0 Å². The number of H-pyrrole nitrogens is 1. The summed E-state index contributed by atoms with van der Waals surface area (Å²) in [6.07, 6.45) is 0. The van der Waals surface area contributed by atoms with Gasteiger partial charge in [-0.3, -0.25) is 4.79 Å². The monoisotopic (exact) mass is 283 g/mol. The normalized spacial score (nSPS) is 22.3. The standard InChI is InChI=1S/C17H21N3O/c1-12-13(2)20(11-10-18-12)17(21)16-9-8-15(19-16)14-6-4-3-5-7-14/h3-9,12-13,18-19H,10-11H2,1-2H3. The Kier molecular flexibility index (Phi) is 3.80. The third kappa shape index (κ3) is 2.72. The Hall–Kier alpha value is -2.07. The number of hydrogen-bond acceptors (Lipinski definition) is 2. The van der Waals surface area contributed by atoms with E-state index in [9.17, 15) is 4.79 Å². The fraction of sp³-hybridized carbons (Fsp3) is 0.353. The summed E-state index contributed by atoms with van der Waals surface area (Å²) in [6, 6.07) is 14.4. The predicted octanol–water partition coefficient (Wildman–Crippen LogP) is 2.50. The number of carbonyl (C=O) groups excluding carboxylic acids is 1. The summed E-state index contributed by atoms with van der Waals surface area (Å²) in [5.74, 6) is 0.0815. The van der Waals surface area contributed by atoms with Crippen molar-refractivity contribution in [3.05, 3.63) is 48.2 Å². The van der Waals surface area contributed by atoms with Crippen LogP contribution in [0.15, 0.2) is 42.5 Å². The molecule has 1 aliphatic rings. The van der Waals surface area contributed by atoms with E-state index in [-0.39, 0.29) is 11.9 Å². The molecule has 2 N–H and O–H groups in total. The van der Waals surface area contributed by atoms with Gasteiger partial charge in [-0.25, -0.2) is 0 Å². The zero-order valence-corrected chi connectivity index (χ0v) is 12.5. The lowest BCUT2D eigenvalue weighted by Gasteiger charge is -2.38. The smallest absolute Gasteiger partial charge is 0.270 e. The molecule has 4 nitrogen and oxygen atoms in total. The molecule has 1 aliphatic heterocycles. The quantitative estimate of drug-likeness (QED) is 0.889. The van der Waals surface area contributed by atoms with Gasteiger partial charge in [0, 0.05) is 30.9 Å². The third-order valence-electron chi connectivity index (χ3n) is 4.30. The van der Waals surface area contributed by atoms with Crippen LogP contribution in [-0.4, -0.2) is 41.0 Å². The van der Waals surface area contributed by atoms with Crippen LogP contribution in [-0.2, 0) is 0 Å². The van der Waals surface area contributed by atoms with Crippen LogP contribution < -0.4 is 5.32 Å². The van der Waals surface area contributed by atoms with Gasteiger partial charge in [-0.15, -0.1) is 0 Å². The molecule has 110 valence electrons. The van der Waals surface area contributed by atoms with Gasteiger partial charge in [0.15, 0.2) is 0 Å². The Bertz CT molecular complexity index is 620. The van der Waals surface area contributed by atoms with E-state index in [0.29, 0.717) is 11.7 Å². The average molecular weight is 283 g/mol. The van der Waals surface area contributed by atoms with E-state index in [4.69, 9.17) is 0 Å². The number of hydrogen-bond donors (Lipinski definition) is 2. The maximum atomic E-state index is 12.7.